The zero-order valence-electron chi connectivity index (χ0n) is 9.12. The van der Waals surface area contributed by atoms with Crippen LogP contribution in [0.2, 0.25) is 0 Å². The van der Waals surface area contributed by atoms with E-state index in [-0.39, 0.29) is 5.78 Å². The van der Waals surface area contributed by atoms with Crippen LogP contribution < -0.4 is 0 Å². The van der Waals surface area contributed by atoms with Gasteiger partial charge in [0.1, 0.15) is 5.69 Å². The van der Waals surface area contributed by atoms with Crippen molar-refractivity contribution in [2.75, 3.05) is 0 Å². The van der Waals surface area contributed by atoms with Crippen LogP contribution in [0.4, 0.5) is 0 Å². The predicted molar refractivity (Wildman–Crippen MR) is 65.5 cm³/mol. The molecule has 0 aromatic carbocycles. The third kappa shape index (κ3) is 1.64. The van der Waals surface area contributed by atoms with E-state index in [1.807, 2.05) is 28.8 Å². The van der Waals surface area contributed by atoms with E-state index in [0.29, 0.717) is 16.3 Å². The zero-order valence-corrected chi connectivity index (χ0v) is 9.94. The van der Waals surface area contributed by atoms with Crippen molar-refractivity contribution in [1.29, 1.82) is 0 Å². The number of thiophene rings is 1. The molecule has 0 saturated carbocycles. The Hall–Kier alpha value is -2.01. The molecule has 84 valence electrons. The monoisotopic (exact) mass is 243 g/mol. The van der Waals surface area contributed by atoms with Crippen molar-refractivity contribution in [3.8, 4) is 0 Å². The van der Waals surface area contributed by atoms with Gasteiger partial charge in [-0.15, -0.1) is 11.3 Å². The highest BCUT2D eigenvalue weighted by Gasteiger charge is 2.14. The summed E-state index contributed by atoms with van der Waals surface area (Å²) in [5.74, 6) is 0.509. The van der Waals surface area contributed by atoms with Crippen LogP contribution in [0.25, 0.3) is 5.78 Å². The van der Waals surface area contributed by atoms with Crippen LogP contribution in [0.15, 0.2) is 36.0 Å². The zero-order chi connectivity index (χ0) is 11.8. The number of hydrogen-bond acceptors (Lipinski definition) is 4. The van der Waals surface area contributed by atoms with Gasteiger partial charge in [0.2, 0.25) is 11.6 Å². The minimum Gasteiger partial charge on any atom is -0.288 e. The lowest BCUT2D eigenvalue weighted by molar-refractivity contribution is 0.103. The fourth-order valence-corrected chi connectivity index (χ4v) is 2.33. The molecule has 0 fully saturated rings. The van der Waals surface area contributed by atoms with E-state index in [2.05, 4.69) is 9.97 Å². The Labute approximate surface area is 102 Å². The molecule has 5 heteroatoms. The number of fused-ring (bicyclic) bond motifs is 1. The highest BCUT2D eigenvalue weighted by molar-refractivity contribution is 7.12. The number of imidazole rings is 1. The minimum atomic E-state index is -0.0510. The first kappa shape index (κ1) is 10.2. The van der Waals surface area contributed by atoms with Gasteiger partial charge < -0.3 is 0 Å². The number of hydrogen-bond donors (Lipinski definition) is 0. The van der Waals surface area contributed by atoms with E-state index >= 15 is 0 Å². The normalized spacial score (nSPS) is 10.9. The lowest BCUT2D eigenvalue weighted by Gasteiger charge is -1.94. The van der Waals surface area contributed by atoms with Crippen LogP contribution in [-0.2, 0) is 0 Å². The molecule has 3 aromatic heterocycles. The summed E-state index contributed by atoms with van der Waals surface area (Å²) in [6.07, 6.45) is 3.43. The summed E-state index contributed by atoms with van der Waals surface area (Å²) in [5, 5.41) is 1.88. The number of ketones is 1. The molecule has 0 aliphatic heterocycles. The third-order valence-electron chi connectivity index (χ3n) is 2.55. The van der Waals surface area contributed by atoms with E-state index in [1.54, 1.807) is 18.5 Å². The molecule has 0 radical (unpaired) electrons. The minimum absolute atomic E-state index is 0.0510. The summed E-state index contributed by atoms with van der Waals surface area (Å²) in [6, 6.07) is 5.54. The Kier molecular flexibility index (Phi) is 2.26. The van der Waals surface area contributed by atoms with Gasteiger partial charge in [0.05, 0.1) is 4.88 Å². The first-order valence-corrected chi connectivity index (χ1v) is 6.02. The van der Waals surface area contributed by atoms with Gasteiger partial charge in [0, 0.05) is 18.1 Å². The maximum absolute atomic E-state index is 12.1. The van der Waals surface area contributed by atoms with E-state index in [9.17, 15) is 4.79 Å². The number of carbonyl (C=O) groups is 1. The molecule has 0 atom stereocenters. The van der Waals surface area contributed by atoms with Crippen LogP contribution in [-0.4, -0.2) is 20.2 Å². The summed E-state index contributed by atoms with van der Waals surface area (Å²) in [5.41, 5.74) is 1.45. The molecule has 0 aliphatic rings. The average molecular weight is 243 g/mol. The van der Waals surface area contributed by atoms with Crippen molar-refractivity contribution in [2.45, 2.75) is 6.92 Å². The van der Waals surface area contributed by atoms with Crippen molar-refractivity contribution >= 4 is 22.9 Å². The van der Waals surface area contributed by atoms with Gasteiger partial charge in [-0.1, -0.05) is 6.07 Å². The Bertz CT molecular complexity index is 685. The quantitative estimate of drug-likeness (QED) is 0.649. The van der Waals surface area contributed by atoms with Crippen LogP contribution in [0.5, 0.6) is 0 Å². The fourth-order valence-electron chi connectivity index (χ4n) is 1.66. The second-order valence-electron chi connectivity index (χ2n) is 3.69. The average Bonchev–Trinajstić information content (AvgIpc) is 2.98. The highest BCUT2D eigenvalue weighted by Crippen LogP contribution is 2.15. The maximum atomic E-state index is 12.1. The Morgan fingerprint density at radius 3 is 3.00 bits per heavy atom. The van der Waals surface area contributed by atoms with Crippen molar-refractivity contribution in [3.63, 3.8) is 0 Å². The van der Waals surface area contributed by atoms with Gasteiger partial charge in [-0.3, -0.25) is 9.20 Å². The molecule has 0 spiro atoms. The first-order valence-electron chi connectivity index (χ1n) is 5.14. The molecule has 0 aliphatic carbocycles. The van der Waals surface area contributed by atoms with Crippen LogP contribution >= 0.6 is 11.3 Å². The van der Waals surface area contributed by atoms with Gasteiger partial charge in [0.25, 0.3) is 0 Å². The molecule has 3 aromatic rings. The molecule has 3 heterocycles. The second kappa shape index (κ2) is 3.78. The molecular weight excluding hydrogens is 234 g/mol. The van der Waals surface area contributed by atoms with Gasteiger partial charge in [-0.2, -0.15) is 0 Å². The number of nitrogens with zero attached hydrogens (tertiary/aromatic N) is 3. The largest absolute Gasteiger partial charge is 0.288 e. The Morgan fingerprint density at radius 1 is 1.41 bits per heavy atom. The number of aromatic nitrogens is 3. The molecule has 3 rings (SSSR count). The fraction of sp³-hybridized carbons (Fsp3) is 0.0833. The maximum Gasteiger partial charge on any atom is 0.234 e. The molecule has 0 bridgehead atoms. The Morgan fingerprint density at radius 2 is 2.29 bits per heavy atom. The number of aryl methyl sites for hydroxylation is 1. The topological polar surface area (TPSA) is 47.3 Å². The van der Waals surface area contributed by atoms with Crippen molar-refractivity contribution in [1.82, 2.24) is 14.4 Å². The lowest BCUT2D eigenvalue weighted by atomic mass is 10.2. The van der Waals surface area contributed by atoms with Gasteiger partial charge in [-0.25, -0.2) is 9.97 Å². The van der Waals surface area contributed by atoms with E-state index in [1.165, 1.54) is 11.3 Å². The number of rotatable bonds is 2. The summed E-state index contributed by atoms with van der Waals surface area (Å²) in [6.45, 7) is 1.95. The van der Waals surface area contributed by atoms with E-state index in [0.717, 1.165) is 5.69 Å². The second-order valence-corrected chi connectivity index (χ2v) is 4.64. The van der Waals surface area contributed by atoms with Crippen molar-refractivity contribution < 1.29 is 4.79 Å². The smallest absolute Gasteiger partial charge is 0.234 e. The number of carbonyl (C=O) groups excluding carboxylic acids is 1. The predicted octanol–water partition coefficient (Wildman–Crippen LogP) is 2.33. The van der Waals surface area contributed by atoms with Crippen molar-refractivity contribution in [2.24, 2.45) is 0 Å². The Balaban J connectivity index is 2.13. The highest BCUT2D eigenvalue weighted by atomic mass is 32.1. The van der Waals surface area contributed by atoms with Gasteiger partial charge in [-0.05, 0) is 24.4 Å². The van der Waals surface area contributed by atoms with Gasteiger partial charge in [0.15, 0.2) is 0 Å². The molecule has 0 saturated heterocycles. The molecular formula is C12H9N3OS. The standard InChI is InChI=1S/C12H9N3OS/c1-8-4-5-13-12-14-9(7-15(8)12)11(16)10-3-2-6-17-10/h2-7H,1H3. The van der Waals surface area contributed by atoms with Gasteiger partial charge >= 0.3 is 0 Å². The van der Waals surface area contributed by atoms with Crippen LogP contribution in [0, 0.1) is 6.92 Å². The molecule has 0 N–H and O–H groups in total. The molecule has 17 heavy (non-hydrogen) atoms. The van der Waals surface area contributed by atoms with E-state index < -0.39 is 0 Å². The lowest BCUT2D eigenvalue weighted by Crippen LogP contribution is -1.98. The molecule has 0 unspecified atom stereocenters. The van der Waals surface area contributed by atoms with Crippen molar-refractivity contribution in [3.05, 3.63) is 52.2 Å². The van der Waals surface area contributed by atoms with Crippen LogP contribution in [0.1, 0.15) is 21.1 Å². The molecule has 0 amide bonds. The summed E-state index contributed by atoms with van der Waals surface area (Å²) >= 11 is 1.42. The summed E-state index contributed by atoms with van der Waals surface area (Å²) < 4.78 is 1.82. The third-order valence-corrected chi connectivity index (χ3v) is 3.42. The summed E-state index contributed by atoms with van der Waals surface area (Å²) in [7, 11) is 0. The SMILES string of the molecule is Cc1ccnc2nc(C(=O)c3cccs3)cn12. The van der Waals surface area contributed by atoms with Crippen LogP contribution in [0.3, 0.4) is 0 Å². The van der Waals surface area contributed by atoms with E-state index in [4.69, 9.17) is 0 Å². The molecule has 4 nitrogen and oxygen atoms in total. The summed E-state index contributed by atoms with van der Waals surface area (Å²) in [4.78, 5) is 21.2. The first-order chi connectivity index (χ1) is 8.25.